The summed E-state index contributed by atoms with van der Waals surface area (Å²) in [6, 6.07) is 15.0. The number of hydrogen-bond donors (Lipinski definition) is 3. The van der Waals surface area contributed by atoms with E-state index in [2.05, 4.69) is 20.6 Å². The predicted octanol–water partition coefficient (Wildman–Crippen LogP) is 4.52. The molecule has 0 radical (unpaired) electrons. The lowest BCUT2D eigenvalue weighted by atomic mass is 10.1. The van der Waals surface area contributed by atoms with Gasteiger partial charge >= 0.3 is 0 Å². The van der Waals surface area contributed by atoms with Crippen molar-refractivity contribution in [2.75, 3.05) is 12.4 Å². The van der Waals surface area contributed by atoms with Gasteiger partial charge in [0.15, 0.2) is 0 Å². The molecule has 160 valence electrons. The van der Waals surface area contributed by atoms with Gasteiger partial charge in [-0.2, -0.15) is 0 Å². The average molecular weight is 432 g/mol. The van der Waals surface area contributed by atoms with Gasteiger partial charge in [-0.15, -0.1) is 0 Å². The normalized spacial score (nSPS) is 11.1. The average Bonchev–Trinajstić information content (AvgIpc) is 3.22. The minimum Gasteiger partial charge on any atom is -0.355 e. The van der Waals surface area contributed by atoms with Gasteiger partial charge in [0.2, 0.25) is 5.91 Å². The monoisotopic (exact) mass is 432 g/mol. The van der Waals surface area contributed by atoms with Crippen LogP contribution in [-0.2, 0) is 4.79 Å². The molecule has 0 unspecified atom stereocenters. The number of aromatic nitrogens is 2. The van der Waals surface area contributed by atoms with Crippen LogP contribution in [0, 0.1) is 11.6 Å². The zero-order chi connectivity index (χ0) is 22.7. The van der Waals surface area contributed by atoms with Crippen molar-refractivity contribution in [1.29, 1.82) is 0 Å². The topological polar surface area (TPSA) is 86.9 Å². The van der Waals surface area contributed by atoms with Crippen molar-refractivity contribution in [3.05, 3.63) is 89.5 Å². The highest BCUT2D eigenvalue weighted by Gasteiger charge is 2.12. The molecule has 0 atom stereocenters. The minimum atomic E-state index is -0.590. The number of H-pyrrole nitrogens is 1. The van der Waals surface area contributed by atoms with E-state index in [1.54, 1.807) is 55.6 Å². The number of imidazole rings is 1. The molecule has 1 aromatic heterocycles. The second kappa shape index (κ2) is 8.81. The number of rotatable bonds is 5. The molecule has 0 aliphatic heterocycles. The maximum absolute atomic E-state index is 14.0. The molecule has 0 bridgehead atoms. The first-order valence-electron chi connectivity index (χ1n) is 9.69. The van der Waals surface area contributed by atoms with Crippen molar-refractivity contribution in [1.82, 2.24) is 15.3 Å². The lowest BCUT2D eigenvalue weighted by molar-refractivity contribution is -0.111. The molecule has 4 aromatic rings. The lowest BCUT2D eigenvalue weighted by Gasteiger charge is -2.02. The van der Waals surface area contributed by atoms with Crippen molar-refractivity contribution >= 4 is 34.6 Å². The van der Waals surface area contributed by atoms with E-state index < -0.39 is 11.6 Å². The molecule has 0 saturated heterocycles. The van der Waals surface area contributed by atoms with E-state index in [1.807, 2.05) is 0 Å². The Hall–Kier alpha value is -4.33. The molecule has 1 heterocycles. The summed E-state index contributed by atoms with van der Waals surface area (Å²) in [6.07, 6.45) is 3.00. The van der Waals surface area contributed by atoms with Crippen LogP contribution in [0.4, 0.5) is 14.5 Å². The minimum absolute atomic E-state index is 0.0251. The molecular formula is C24H18F2N4O2. The van der Waals surface area contributed by atoms with Gasteiger partial charge in [-0.1, -0.05) is 12.1 Å². The van der Waals surface area contributed by atoms with E-state index in [1.165, 1.54) is 6.08 Å². The Bertz CT molecular complexity index is 1340. The van der Waals surface area contributed by atoms with Gasteiger partial charge in [-0.3, -0.25) is 9.59 Å². The second-order valence-corrected chi connectivity index (χ2v) is 6.97. The fourth-order valence-corrected chi connectivity index (χ4v) is 3.14. The first kappa shape index (κ1) is 20.9. The fourth-order valence-electron chi connectivity index (χ4n) is 3.14. The van der Waals surface area contributed by atoms with Crippen LogP contribution in [0.1, 0.15) is 15.9 Å². The molecule has 3 N–H and O–H groups in total. The summed E-state index contributed by atoms with van der Waals surface area (Å²) in [5.41, 5.74) is 2.94. The number of nitrogens with zero attached hydrogens (tertiary/aromatic N) is 1. The summed E-state index contributed by atoms with van der Waals surface area (Å²) in [4.78, 5) is 31.1. The van der Waals surface area contributed by atoms with Gasteiger partial charge in [-0.25, -0.2) is 13.8 Å². The lowest BCUT2D eigenvalue weighted by Crippen LogP contribution is -2.17. The SMILES string of the molecule is CNC(=O)c1ccc(/C=C/C(=O)Nc2ccc3nc(-c4cc(F)ccc4F)[nH]c3c2)cc1. The summed E-state index contributed by atoms with van der Waals surface area (Å²) in [6.45, 7) is 0. The Labute approximate surface area is 182 Å². The highest BCUT2D eigenvalue weighted by molar-refractivity contribution is 6.03. The first-order chi connectivity index (χ1) is 15.4. The number of halogens is 2. The number of fused-ring (bicyclic) bond motifs is 1. The van der Waals surface area contributed by atoms with Crippen LogP contribution in [0.5, 0.6) is 0 Å². The molecule has 0 fully saturated rings. The number of carbonyl (C=O) groups excluding carboxylic acids is 2. The van der Waals surface area contributed by atoms with Gasteiger partial charge in [0.25, 0.3) is 5.91 Å². The summed E-state index contributed by atoms with van der Waals surface area (Å²) in [5, 5.41) is 5.28. The van der Waals surface area contributed by atoms with Crippen LogP contribution < -0.4 is 10.6 Å². The third-order valence-electron chi connectivity index (χ3n) is 4.76. The largest absolute Gasteiger partial charge is 0.355 e. The van der Waals surface area contributed by atoms with E-state index in [-0.39, 0.29) is 23.2 Å². The van der Waals surface area contributed by atoms with Crippen LogP contribution in [0.15, 0.2) is 66.7 Å². The summed E-state index contributed by atoms with van der Waals surface area (Å²) < 4.78 is 27.5. The number of benzene rings is 3. The van der Waals surface area contributed by atoms with Crippen LogP contribution >= 0.6 is 0 Å². The maximum Gasteiger partial charge on any atom is 0.251 e. The molecule has 6 nitrogen and oxygen atoms in total. The van der Waals surface area contributed by atoms with Crippen molar-refractivity contribution in [2.24, 2.45) is 0 Å². The molecule has 3 aromatic carbocycles. The molecule has 0 saturated carbocycles. The zero-order valence-corrected chi connectivity index (χ0v) is 16.9. The zero-order valence-electron chi connectivity index (χ0n) is 16.9. The number of amides is 2. The molecule has 4 rings (SSSR count). The predicted molar refractivity (Wildman–Crippen MR) is 119 cm³/mol. The molecule has 2 amide bonds. The highest BCUT2D eigenvalue weighted by atomic mass is 19.1. The van der Waals surface area contributed by atoms with Crippen molar-refractivity contribution < 1.29 is 18.4 Å². The van der Waals surface area contributed by atoms with Crippen molar-refractivity contribution in [2.45, 2.75) is 0 Å². The Balaban J connectivity index is 1.48. The van der Waals surface area contributed by atoms with Gasteiger partial charge in [-0.05, 0) is 60.2 Å². The van der Waals surface area contributed by atoms with Gasteiger partial charge in [0.05, 0.1) is 16.6 Å². The number of aromatic amines is 1. The summed E-state index contributed by atoms with van der Waals surface area (Å²) in [5.74, 6) is -1.50. The van der Waals surface area contributed by atoms with Crippen molar-refractivity contribution in [3.63, 3.8) is 0 Å². The Morgan fingerprint density at radius 2 is 1.78 bits per heavy atom. The maximum atomic E-state index is 14.0. The summed E-state index contributed by atoms with van der Waals surface area (Å²) in [7, 11) is 1.56. The number of anilines is 1. The highest BCUT2D eigenvalue weighted by Crippen LogP contribution is 2.25. The molecule has 0 aliphatic rings. The van der Waals surface area contributed by atoms with Gasteiger partial charge < -0.3 is 15.6 Å². The third kappa shape index (κ3) is 4.54. The standard InChI is InChI=1S/C24H18F2N4O2/c1-27-24(32)15-5-2-14(3-6-15)4-11-22(31)28-17-8-10-20-21(13-17)30-23(29-20)18-12-16(25)7-9-19(18)26/h2-13H,1H3,(H,27,32)(H,28,31)(H,29,30)/b11-4+. The van der Waals surface area contributed by atoms with Crippen molar-refractivity contribution in [3.8, 4) is 11.4 Å². The van der Waals surface area contributed by atoms with Crippen LogP contribution in [0.25, 0.3) is 28.5 Å². The quantitative estimate of drug-likeness (QED) is 0.405. The smallest absolute Gasteiger partial charge is 0.251 e. The van der Waals surface area contributed by atoms with E-state index in [0.29, 0.717) is 22.3 Å². The molecule has 0 aliphatic carbocycles. The van der Waals surface area contributed by atoms with E-state index in [0.717, 1.165) is 23.8 Å². The molecule has 8 heteroatoms. The Morgan fingerprint density at radius 3 is 2.53 bits per heavy atom. The Morgan fingerprint density at radius 1 is 1.00 bits per heavy atom. The molecule has 0 spiro atoms. The van der Waals surface area contributed by atoms with E-state index in [4.69, 9.17) is 0 Å². The van der Waals surface area contributed by atoms with Crippen LogP contribution in [0.2, 0.25) is 0 Å². The molecule has 32 heavy (non-hydrogen) atoms. The second-order valence-electron chi connectivity index (χ2n) is 6.97. The molecular weight excluding hydrogens is 414 g/mol. The first-order valence-corrected chi connectivity index (χ1v) is 9.69. The van der Waals surface area contributed by atoms with Crippen LogP contribution in [0.3, 0.4) is 0 Å². The van der Waals surface area contributed by atoms with Crippen LogP contribution in [-0.4, -0.2) is 28.8 Å². The number of carbonyl (C=O) groups is 2. The van der Waals surface area contributed by atoms with E-state index >= 15 is 0 Å². The van der Waals surface area contributed by atoms with E-state index in [9.17, 15) is 18.4 Å². The fraction of sp³-hybridized carbons (Fsp3) is 0.0417. The third-order valence-corrected chi connectivity index (χ3v) is 4.76. The Kier molecular flexibility index (Phi) is 5.76. The van der Waals surface area contributed by atoms with Gasteiger partial charge in [0, 0.05) is 24.4 Å². The summed E-state index contributed by atoms with van der Waals surface area (Å²) >= 11 is 0. The number of hydrogen-bond acceptors (Lipinski definition) is 3. The van der Waals surface area contributed by atoms with Gasteiger partial charge in [0.1, 0.15) is 17.5 Å². The number of nitrogens with one attached hydrogen (secondary N) is 3.